The third-order valence-electron chi connectivity index (χ3n) is 5.19. The van der Waals surface area contributed by atoms with E-state index in [-0.39, 0.29) is 0 Å². The molecule has 0 bridgehead atoms. The SMILES string of the molecule is NC1CC(CCc2nc3ccc(C4CCC4)cc3[nH]2)C1. The maximum atomic E-state index is 5.84. The average molecular weight is 269 g/mol. The number of fused-ring (bicyclic) bond motifs is 1. The molecule has 3 N–H and O–H groups in total. The first-order valence-electron chi connectivity index (χ1n) is 8.02. The molecule has 0 amide bonds. The van der Waals surface area contributed by atoms with Crippen LogP contribution >= 0.6 is 0 Å². The van der Waals surface area contributed by atoms with Gasteiger partial charge in [0.2, 0.25) is 0 Å². The van der Waals surface area contributed by atoms with Crippen LogP contribution in [0.4, 0.5) is 0 Å². The molecule has 3 heteroatoms. The highest BCUT2D eigenvalue weighted by Gasteiger charge is 2.25. The van der Waals surface area contributed by atoms with Crippen molar-refractivity contribution in [1.82, 2.24) is 9.97 Å². The number of imidazole rings is 1. The van der Waals surface area contributed by atoms with Gasteiger partial charge in [-0.1, -0.05) is 12.5 Å². The first kappa shape index (κ1) is 12.4. The Morgan fingerprint density at radius 2 is 2.10 bits per heavy atom. The van der Waals surface area contributed by atoms with E-state index in [0.29, 0.717) is 6.04 Å². The third-order valence-corrected chi connectivity index (χ3v) is 5.19. The Bertz CT molecular complexity index is 606. The molecule has 0 spiro atoms. The van der Waals surface area contributed by atoms with E-state index < -0.39 is 0 Å². The van der Waals surface area contributed by atoms with Crippen molar-refractivity contribution in [3.8, 4) is 0 Å². The van der Waals surface area contributed by atoms with E-state index in [2.05, 4.69) is 23.2 Å². The van der Waals surface area contributed by atoms with Gasteiger partial charge >= 0.3 is 0 Å². The Morgan fingerprint density at radius 1 is 1.25 bits per heavy atom. The van der Waals surface area contributed by atoms with Gasteiger partial charge in [0, 0.05) is 12.5 Å². The highest BCUT2D eigenvalue weighted by atomic mass is 14.9. The number of hydrogen-bond acceptors (Lipinski definition) is 2. The average Bonchev–Trinajstić information content (AvgIpc) is 2.73. The van der Waals surface area contributed by atoms with Crippen molar-refractivity contribution in [3.63, 3.8) is 0 Å². The van der Waals surface area contributed by atoms with Crippen molar-refractivity contribution in [3.05, 3.63) is 29.6 Å². The van der Waals surface area contributed by atoms with E-state index in [1.165, 1.54) is 49.6 Å². The van der Waals surface area contributed by atoms with Gasteiger partial charge in [-0.15, -0.1) is 0 Å². The van der Waals surface area contributed by atoms with Crippen molar-refractivity contribution in [1.29, 1.82) is 0 Å². The molecule has 4 rings (SSSR count). The molecule has 1 heterocycles. The van der Waals surface area contributed by atoms with Crippen LogP contribution in [0.3, 0.4) is 0 Å². The van der Waals surface area contributed by atoms with E-state index >= 15 is 0 Å². The van der Waals surface area contributed by atoms with E-state index in [1.807, 2.05) is 0 Å². The van der Waals surface area contributed by atoms with Gasteiger partial charge < -0.3 is 10.7 Å². The van der Waals surface area contributed by atoms with Crippen LogP contribution in [0.25, 0.3) is 11.0 Å². The maximum Gasteiger partial charge on any atom is 0.107 e. The smallest absolute Gasteiger partial charge is 0.107 e. The van der Waals surface area contributed by atoms with Crippen LogP contribution < -0.4 is 5.73 Å². The number of aryl methyl sites for hydroxylation is 1. The lowest BCUT2D eigenvalue weighted by Crippen LogP contribution is -2.36. The molecule has 0 saturated heterocycles. The number of rotatable bonds is 4. The number of H-pyrrole nitrogens is 1. The topological polar surface area (TPSA) is 54.7 Å². The van der Waals surface area contributed by atoms with Gasteiger partial charge in [0.1, 0.15) is 5.82 Å². The normalized spacial score (nSPS) is 26.4. The second-order valence-corrected chi connectivity index (χ2v) is 6.72. The molecule has 20 heavy (non-hydrogen) atoms. The molecule has 2 fully saturated rings. The number of benzene rings is 1. The predicted octanol–water partition coefficient (Wildman–Crippen LogP) is 3.50. The van der Waals surface area contributed by atoms with E-state index in [9.17, 15) is 0 Å². The zero-order valence-corrected chi connectivity index (χ0v) is 11.9. The standard InChI is InChI=1S/C17H23N3/c18-14-8-11(9-14)4-7-17-19-15-6-5-13(10-16(15)20-17)12-2-1-3-12/h5-6,10-12,14H,1-4,7-9,18H2,(H,19,20). The summed E-state index contributed by atoms with van der Waals surface area (Å²) in [6.07, 6.45) is 8.79. The van der Waals surface area contributed by atoms with Crippen molar-refractivity contribution >= 4 is 11.0 Å². The summed E-state index contributed by atoms with van der Waals surface area (Å²) in [5, 5.41) is 0. The van der Waals surface area contributed by atoms with Crippen LogP contribution in [-0.4, -0.2) is 16.0 Å². The van der Waals surface area contributed by atoms with Gasteiger partial charge in [0.25, 0.3) is 0 Å². The van der Waals surface area contributed by atoms with Gasteiger partial charge in [0.15, 0.2) is 0 Å². The van der Waals surface area contributed by atoms with Crippen LogP contribution in [0.1, 0.15) is 55.8 Å². The fraction of sp³-hybridized carbons (Fsp3) is 0.588. The Hall–Kier alpha value is -1.35. The zero-order valence-electron chi connectivity index (χ0n) is 11.9. The summed E-state index contributed by atoms with van der Waals surface area (Å²) in [7, 11) is 0. The molecule has 0 radical (unpaired) electrons. The largest absolute Gasteiger partial charge is 0.342 e. The highest BCUT2D eigenvalue weighted by molar-refractivity contribution is 5.76. The minimum atomic E-state index is 0.459. The molecule has 0 aliphatic heterocycles. The molecule has 2 aliphatic carbocycles. The van der Waals surface area contributed by atoms with Gasteiger partial charge in [-0.05, 0) is 61.6 Å². The van der Waals surface area contributed by atoms with Gasteiger partial charge in [-0.25, -0.2) is 4.98 Å². The fourth-order valence-electron chi connectivity index (χ4n) is 3.56. The summed E-state index contributed by atoms with van der Waals surface area (Å²) in [5.74, 6) is 2.76. The van der Waals surface area contributed by atoms with Gasteiger partial charge in [-0.3, -0.25) is 0 Å². The number of hydrogen-bond donors (Lipinski definition) is 2. The molecule has 106 valence electrons. The van der Waals surface area contributed by atoms with Crippen LogP contribution in [0.15, 0.2) is 18.2 Å². The van der Waals surface area contributed by atoms with Crippen LogP contribution in [-0.2, 0) is 6.42 Å². The van der Waals surface area contributed by atoms with Crippen molar-refractivity contribution in [2.45, 2.75) is 56.9 Å². The second-order valence-electron chi connectivity index (χ2n) is 6.72. The summed E-state index contributed by atoms with van der Waals surface area (Å²) >= 11 is 0. The highest BCUT2D eigenvalue weighted by Crippen LogP contribution is 2.37. The van der Waals surface area contributed by atoms with E-state index in [4.69, 9.17) is 10.7 Å². The van der Waals surface area contributed by atoms with E-state index in [0.717, 1.165) is 29.6 Å². The van der Waals surface area contributed by atoms with Crippen molar-refractivity contribution < 1.29 is 0 Å². The lowest BCUT2D eigenvalue weighted by Gasteiger charge is -2.32. The Kier molecular flexibility index (Phi) is 3.03. The molecule has 2 saturated carbocycles. The minimum Gasteiger partial charge on any atom is -0.342 e. The molecule has 2 aliphatic rings. The van der Waals surface area contributed by atoms with Crippen molar-refractivity contribution in [2.24, 2.45) is 11.7 Å². The van der Waals surface area contributed by atoms with Gasteiger partial charge in [-0.2, -0.15) is 0 Å². The van der Waals surface area contributed by atoms with Crippen molar-refractivity contribution in [2.75, 3.05) is 0 Å². The van der Waals surface area contributed by atoms with Gasteiger partial charge in [0.05, 0.1) is 11.0 Å². The predicted molar refractivity (Wildman–Crippen MR) is 81.7 cm³/mol. The lowest BCUT2D eigenvalue weighted by atomic mass is 9.78. The summed E-state index contributed by atoms with van der Waals surface area (Å²) in [4.78, 5) is 8.23. The fourth-order valence-corrected chi connectivity index (χ4v) is 3.56. The quantitative estimate of drug-likeness (QED) is 0.892. The Morgan fingerprint density at radius 3 is 2.80 bits per heavy atom. The Labute approximate surface area is 120 Å². The molecule has 0 atom stereocenters. The maximum absolute atomic E-state index is 5.84. The van der Waals surface area contributed by atoms with Crippen LogP contribution in [0.2, 0.25) is 0 Å². The summed E-state index contributed by atoms with van der Waals surface area (Å²) in [6, 6.07) is 7.22. The molecule has 0 unspecified atom stereocenters. The number of nitrogens with two attached hydrogens (primary N) is 1. The third kappa shape index (κ3) is 2.24. The summed E-state index contributed by atoms with van der Waals surface area (Å²) in [5.41, 5.74) is 9.67. The number of nitrogens with one attached hydrogen (secondary N) is 1. The minimum absolute atomic E-state index is 0.459. The van der Waals surface area contributed by atoms with E-state index in [1.54, 1.807) is 0 Å². The first-order valence-corrected chi connectivity index (χ1v) is 8.02. The number of aromatic nitrogens is 2. The number of nitrogens with zero attached hydrogens (tertiary/aromatic N) is 1. The Balaban J connectivity index is 1.47. The summed E-state index contributed by atoms with van der Waals surface area (Å²) in [6.45, 7) is 0. The zero-order chi connectivity index (χ0) is 13.5. The molecular formula is C17H23N3. The molecule has 1 aromatic heterocycles. The monoisotopic (exact) mass is 269 g/mol. The lowest BCUT2D eigenvalue weighted by molar-refractivity contribution is 0.249. The molecule has 3 nitrogen and oxygen atoms in total. The van der Waals surface area contributed by atoms with Crippen LogP contribution in [0, 0.1) is 5.92 Å². The molecule has 2 aromatic rings. The molecular weight excluding hydrogens is 246 g/mol. The first-order chi connectivity index (χ1) is 9.78. The second kappa shape index (κ2) is 4.88. The summed E-state index contributed by atoms with van der Waals surface area (Å²) < 4.78 is 0. The van der Waals surface area contributed by atoms with Crippen LogP contribution in [0.5, 0.6) is 0 Å². The number of aromatic amines is 1. The molecule has 1 aromatic carbocycles.